The highest BCUT2D eigenvalue weighted by molar-refractivity contribution is 5.86. The molecule has 0 spiro atoms. The van der Waals surface area contributed by atoms with E-state index in [4.69, 9.17) is 0 Å². The predicted molar refractivity (Wildman–Crippen MR) is 68.8 cm³/mol. The minimum Gasteiger partial charge on any atom is -0.342 e. The van der Waals surface area contributed by atoms with Crippen molar-refractivity contribution in [1.29, 1.82) is 0 Å². The number of Topliss-reactive ketones (excluding diaryl/α,β-unsaturated/α-hetero) is 1. The Morgan fingerprint density at radius 2 is 2.00 bits per heavy atom. The molecule has 1 heterocycles. The number of nitrogens with zero attached hydrogens (tertiary/aromatic N) is 1. The Balaban J connectivity index is 1.96. The summed E-state index contributed by atoms with van der Waals surface area (Å²) in [6.45, 7) is 2.11. The first-order valence-electron chi connectivity index (χ1n) is 6.33. The van der Waals surface area contributed by atoms with Crippen LogP contribution in [0.2, 0.25) is 0 Å². The third kappa shape index (κ3) is 1.68. The largest absolute Gasteiger partial charge is 0.342 e. The zero-order chi connectivity index (χ0) is 11.8. The van der Waals surface area contributed by atoms with Gasteiger partial charge in [0.1, 0.15) is 5.78 Å². The quantitative estimate of drug-likeness (QED) is 0.734. The summed E-state index contributed by atoms with van der Waals surface area (Å²) < 4.78 is 0. The molecule has 1 aromatic carbocycles. The van der Waals surface area contributed by atoms with Gasteiger partial charge in [-0.15, -0.1) is 0 Å². The summed E-state index contributed by atoms with van der Waals surface area (Å²) in [5.74, 6) is 0.544. The molecule has 0 aromatic heterocycles. The molecule has 1 fully saturated rings. The van der Waals surface area contributed by atoms with Crippen LogP contribution in [0.1, 0.15) is 26.2 Å². The van der Waals surface area contributed by atoms with E-state index in [1.807, 2.05) is 6.07 Å². The van der Waals surface area contributed by atoms with Gasteiger partial charge < -0.3 is 4.90 Å². The minimum atomic E-state index is 0.129. The zero-order valence-electron chi connectivity index (χ0n) is 10.1. The number of carbonyl (C=O) groups is 1. The number of hydrogen-bond donors (Lipinski definition) is 0. The van der Waals surface area contributed by atoms with Crippen molar-refractivity contribution in [1.82, 2.24) is 0 Å². The van der Waals surface area contributed by atoms with Gasteiger partial charge in [-0.25, -0.2) is 0 Å². The van der Waals surface area contributed by atoms with Crippen LogP contribution in [0.5, 0.6) is 0 Å². The number of carbonyl (C=O) groups excluding carboxylic acids is 1. The Bertz CT molecular complexity index is 463. The lowest BCUT2D eigenvalue weighted by Crippen LogP contribution is -2.39. The number of benzene rings is 1. The molecule has 2 unspecified atom stereocenters. The van der Waals surface area contributed by atoms with Crippen LogP contribution in [0.15, 0.2) is 42.1 Å². The number of hydrogen-bond acceptors (Lipinski definition) is 2. The second-order valence-corrected chi connectivity index (χ2v) is 4.97. The van der Waals surface area contributed by atoms with Gasteiger partial charge in [0.15, 0.2) is 0 Å². The number of ketones is 1. The molecule has 88 valence electrons. The standard InChI is InChI=1S/C15H17NO/c1-11-10-13-14(8-5-9-15(13)17)16(11)12-6-3-2-4-7-12/h2-4,6-7,10,13-14H,5,8-9H2,1H3. The Hall–Kier alpha value is -1.57. The SMILES string of the molecule is CC1=CC2C(=O)CCCC2N1c1ccccc1. The maximum Gasteiger partial charge on any atom is 0.141 e. The molecule has 3 rings (SSSR count). The minimum absolute atomic E-state index is 0.129. The van der Waals surface area contributed by atoms with Crippen molar-refractivity contribution in [2.24, 2.45) is 5.92 Å². The molecule has 1 aliphatic heterocycles. The van der Waals surface area contributed by atoms with Crippen molar-refractivity contribution in [2.75, 3.05) is 4.90 Å². The average Bonchev–Trinajstić information content (AvgIpc) is 2.68. The molecule has 1 aliphatic carbocycles. The highest BCUT2D eigenvalue weighted by Crippen LogP contribution is 2.38. The van der Waals surface area contributed by atoms with Crippen molar-refractivity contribution in [3.8, 4) is 0 Å². The summed E-state index contributed by atoms with van der Waals surface area (Å²) in [4.78, 5) is 14.3. The van der Waals surface area contributed by atoms with Gasteiger partial charge in [-0.3, -0.25) is 4.79 Å². The Labute approximate surface area is 102 Å². The van der Waals surface area contributed by atoms with E-state index in [1.54, 1.807) is 0 Å². The fourth-order valence-electron chi connectivity index (χ4n) is 3.13. The lowest BCUT2D eigenvalue weighted by Gasteiger charge is -2.34. The van der Waals surface area contributed by atoms with Crippen LogP contribution in [-0.2, 0) is 4.79 Å². The van der Waals surface area contributed by atoms with E-state index < -0.39 is 0 Å². The van der Waals surface area contributed by atoms with Crippen LogP contribution in [-0.4, -0.2) is 11.8 Å². The van der Waals surface area contributed by atoms with Crippen LogP contribution in [0.3, 0.4) is 0 Å². The second kappa shape index (κ2) is 4.02. The summed E-state index contributed by atoms with van der Waals surface area (Å²) in [6.07, 6.45) is 5.07. The molecule has 1 saturated carbocycles. The molecule has 0 amide bonds. The van der Waals surface area contributed by atoms with Gasteiger partial charge in [-0.2, -0.15) is 0 Å². The summed E-state index contributed by atoms with van der Waals surface area (Å²) in [5, 5.41) is 0. The fraction of sp³-hybridized carbons (Fsp3) is 0.400. The van der Waals surface area contributed by atoms with Gasteiger partial charge in [-0.1, -0.05) is 24.3 Å². The number of para-hydroxylation sites is 1. The molecule has 0 saturated heterocycles. The molecule has 0 bridgehead atoms. The fourth-order valence-corrected chi connectivity index (χ4v) is 3.13. The highest BCUT2D eigenvalue weighted by atomic mass is 16.1. The molecule has 2 nitrogen and oxygen atoms in total. The van der Waals surface area contributed by atoms with E-state index in [2.05, 4.69) is 42.2 Å². The summed E-state index contributed by atoms with van der Waals surface area (Å²) in [5.41, 5.74) is 2.44. The van der Waals surface area contributed by atoms with Crippen molar-refractivity contribution in [2.45, 2.75) is 32.2 Å². The van der Waals surface area contributed by atoms with Crippen molar-refractivity contribution < 1.29 is 4.79 Å². The molecule has 2 aliphatic rings. The summed E-state index contributed by atoms with van der Waals surface area (Å²) in [6, 6.07) is 10.7. The highest BCUT2D eigenvalue weighted by Gasteiger charge is 2.39. The van der Waals surface area contributed by atoms with E-state index in [-0.39, 0.29) is 5.92 Å². The topological polar surface area (TPSA) is 20.3 Å². The lowest BCUT2D eigenvalue weighted by atomic mass is 9.84. The molecular formula is C15H17NO. The van der Waals surface area contributed by atoms with Crippen LogP contribution in [0.25, 0.3) is 0 Å². The first-order chi connectivity index (χ1) is 8.27. The van der Waals surface area contributed by atoms with Gasteiger partial charge in [-0.05, 0) is 31.9 Å². The van der Waals surface area contributed by atoms with Crippen molar-refractivity contribution in [3.05, 3.63) is 42.1 Å². The first-order valence-corrected chi connectivity index (χ1v) is 6.33. The van der Waals surface area contributed by atoms with Crippen molar-refractivity contribution >= 4 is 11.5 Å². The maximum atomic E-state index is 11.9. The molecular weight excluding hydrogens is 210 g/mol. The molecule has 17 heavy (non-hydrogen) atoms. The summed E-state index contributed by atoms with van der Waals surface area (Å²) in [7, 11) is 0. The number of allylic oxidation sites excluding steroid dienone is 1. The van der Waals surface area contributed by atoms with Crippen LogP contribution < -0.4 is 4.90 Å². The van der Waals surface area contributed by atoms with Gasteiger partial charge in [0.25, 0.3) is 0 Å². The van der Waals surface area contributed by atoms with Gasteiger partial charge >= 0.3 is 0 Å². The molecule has 2 atom stereocenters. The second-order valence-electron chi connectivity index (χ2n) is 4.97. The molecule has 2 heteroatoms. The number of anilines is 1. The number of rotatable bonds is 1. The Morgan fingerprint density at radius 3 is 2.76 bits per heavy atom. The maximum absolute atomic E-state index is 11.9. The monoisotopic (exact) mass is 227 g/mol. The lowest BCUT2D eigenvalue weighted by molar-refractivity contribution is -0.123. The van der Waals surface area contributed by atoms with E-state index in [1.165, 1.54) is 11.4 Å². The van der Waals surface area contributed by atoms with Gasteiger partial charge in [0.05, 0.1) is 5.92 Å². The Kier molecular flexibility index (Phi) is 2.50. The van der Waals surface area contributed by atoms with Crippen LogP contribution in [0.4, 0.5) is 5.69 Å². The smallest absolute Gasteiger partial charge is 0.141 e. The van der Waals surface area contributed by atoms with E-state index in [0.717, 1.165) is 19.3 Å². The summed E-state index contributed by atoms with van der Waals surface area (Å²) >= 11 is 0. The normalized spacial score (nSPS) is 27.9. The van der Waals surface area contributed by atoms with Gasteiger partial charge in [0.2, 0.25) is 0 Å². The van der Waals surface area contributed by atoms with E-state index >= 15 is 0 Å². The third-order valence-electron chi connectivity index (χ3n) is 3.88. The van der Waals surface area contributed by atoms with E-state index in [0.29, 0.717) is 11.8 Å². The van der Waals surface area contributed by atoms with E-state index in [9.17, 15) is 4.79 Å². The number of fused-ring (bicyclic) bond motifs is 1. The average molecular weight is 227 g/mol. The molecule has 1 aromatic rings. The van der Waals surface area contributed by atoms with Gasteiger partial charge in [0, 0.05) is 23.8 Å². The first kappa shape index (κ1) is 10.6. The predicted octanol–water partition coefficient (Wildman–Crippen LogP) is 3.15. The Morgan fingerprint density at radius 1 is 1.24 bits per heavy atom. The molecule has 0 N–H and O–H groups in total. The molecule has 0 radical (unpaired) electrons. The van der Waals surface area contributed by atoms with Crippen LogP contribution >= 0.6 is 0 Å². The third-order valence-corrected chi connectivity index (χ3v) is 3.88. The van der Waals surface area contributed by atoms with Crippen molar-refractivity contribution in [3.63, 3.8) is 0 Å². The van der Waals surface area contributed by atoms with Crippen LogP contribution in [0, 0.1) is 5.92 Å². The zero-order valence-corrected chi connectivity index (χ0v) is 10.1.